The topological polar surface area (TPSA) is 30.9 Å². The smallest absolute Gasteiger partial charge is 0.218 e. The molecule has 0 spiro atoms. The van der Waals surface area contributed by atoms with Crippen LogP contribution in [0.15, 0.2) is 0 Å². The number of rotatable bonds is 5. The van der Waals surface area contributed by atoms with E-state index in [0.717, 1.165) is 13.1 Å². The lowest BCUT2D eigenvalue weighted by Gasteiger charge is -2.39. The Morgan fingerprint density at radius 1 is 1.13 bits per heavy atom. The van der Waals surface area contributed by atoms with Gasteiger partial charge in [0.2, 0.25) is 6.41 Å². The molecule has 15 heavy (non-hydrogen) atoms. The van der Waals surface area contributed by atoms with Gasteiger partial charge in [-0.1, -0.05) is 0 Å². The van der Waals surface area contributed by atoms with Gasteiger partial charge in [-0.25, -0.2) is 4.90 Å². The fourth-order valence-electron chi connectivity index (χ4n) is 1.93. The Labute approximate surface area is 92.5 Å². The van der Waals surface area contributed by atoms with Crippen molar-refractivity contribution in [1.29, 1.82) is 0 Å². The fourth-order valence-corrected chi connectivity index (χ4v) is 1.93. The van der Waals surface area contributed by atoms with E-state index < -0.39 is 0 Å². The standard InChI is InChI=1S/C11H23NO3/c1-5-13-11(14-6-2)12-7-9(3)15-10(4)8-12/h9-11H,5-8H2,1-4H3/t9-,10+. The molecule has 0 saturated carbocycles. The molecular formula is C11H23NO3. The van der Waals surface area contributed by atoms with E-state index >= 15 is 0 Å². The average molecular weight is 217 g/mol. The summed E-state index contributed by atoms with van der Waals surface area (Å²) in [6.45, 7) is 11.2. The minimum atomic E-state index is -0.214. The lowest BCUT2D eigenvalue weighted by Crippen LogP contribution is -2.51. The fraction of sp³-hybridized carbons (Fsp3) is 1.00. The van der Waals surface area contributed by atoms with E-state index in [1.54, 1.807) is 0 Å². The van der Waals surface area contributed by atoms with Crippen LogP contribution >= 0.6 is 0 Å². The third kappa shape index (κ3) is 4.07. The maximum Gasteiger partial charge on any atom is 0.218 e. The number of hydrogen-bond acceptors (Lipinski definition) is 4. The SMILES string of the molecule is CCOC(OCC)N1C[C@@H](C)O[C@@H](C)C1. The zero-order valence-electron chi connectivity index (χ0n) is 10.2. The predicted octanol–water partition coefficient (Wildman–Crippen LogP) is 1.45. The first-order chi connectivity index (χ1) is 7.17. The van der Waals surface area contributed by atoms with E-state index in [4.69, 9.17) is 14.2 Å². The monoisotopic (exact) mass is 217 g/mol. The highest BCUT2D eigenvalue weighted by Gasteiger charge is 2.28. The molecule has 2 atom stereocenters. The van der Waals surface area contributed by atoms with E-state index in [1.165, 1.54) is 0 Å². The molecule has 1 fully saturated rings. The summed E-state index contributed by atoms with van der Waals surface area (Å²) >= 11 is 0. The van der Waals surface area contributed by atoms with Crippen molar-refractivity contribution in [3.05, 3.63) is 0 Å². The van der Waals surface area contributed by atoms with Gasteiger partial charge in [-0.3, -0.25) is 0 Å². The predicted molar refractivity (Wildman–Crippen MR) is 58.6 cm³/mol. The van der Waals surface area contributed by atoms with Gasteiger partial charge >= 0.3 is 0 Å². The van der Waals surface area contributed by atoms with Crippen molar-refractivity contribution < 1.29 is 14.2 Å². The molecule has 0 bridgehead atoms. The number of hydrogen-bond donors (Lipinski definition) is 0. The Kier molecular flexibility index (Phi) is 5.53. The summed E-state index contributed by atoms with van der Waals surface area (Å²) in [5.74, 6) is 0. The van der Waals surface area contributed by atoms with Crippen molar-refractivity contribution in [2.45, 2.75) is 46.3 Å². The molecular weight excluding hydrogens is 194 g/mol. The molecule has 1 aliphatic heterocycles. The highest BCUT2D eigenvalue weighted by atomic mass is 16.7. The Morgan fingerprint density at radius 3 is 2.00 bits per heavy atom. The Bertz CT molecular complexity index is 161. The molecule has 1 saturated heterocycles. The first-order valence-corrected chi connectivity index (χ1v) is 5.80. The van der Waals surface area contributed by atoms with Gasteiger partial charge in [0.25, 0.3) is 0 Å². The van der Waals surface area contributed by atoms with E-state index in [1.807, 2.05) is 13.8 Å². The maximum absolute atomic E-state index is 5.67. The van der Waals surface area contributed by atoms with Crippen LogP contribution in [-0.4, -0.2) is 49.8 Å². The van der Waals surface area contributed by atoms with E-state index in [0.29, 0.717) is 13.2 Å². The Balaban J connectivity index is 2.49. The van der Waals surface area contributed by atoms with Gasteiger partial charge < -0.3 is 14.2 Å². The van der Waals surface area contributed by atoms with Crippen LogP contribution in [-0.2, 0) is 14.2 Å². The molecule has 0 aromatic rings. The largest absolute Gasteiger partial charge is 0.373 e. The van der Waals surface area contributed by atoms with Crippen LogP contribution in [0, 0.1) is 0 Å². The summed E-state index contributed by atoms with van der Waals surface area (Å²) in [5.41, 5.74) is 0. The summed E-state index contributed by atoms with van der Waals surface area (Å²) in [6.07, 6.45) is 0.281. The van der Waals surface area contributed by atoms with Crippen molar-refractivity contribution in [2.24, 2.45) is 0 Å². The molecule has 0 aromatic carbocycles. The zero-order chi connectivity index (χ0) is 11.3. The normalized spacial score (nSPS) is 28.6. The summed E-state index contributed by atoms with van der Waals surface area (Å²) in [7, 11) is 0. The second kappa shape index (κ2) is 6.43. The Hall–Kier alpha value is -0.160. The van der Waals surface area contributed by atoms with Gasteiger partial charge in [-0.2, -0.15) is 0 Å². The van der Waals surface area contributed by atoms with E-state index in [9.17, 15) is 0 Å². The van der Waals surface area contributed by atoms with Crippen molar-refractivity contribution in [3.8, 4) is 0 Å². The van der Waals surface area contributed by atoms with Crippen molar-refractivity contribution in [2.75, 3.05) is 26.3 Å². The average Bonchev–Trinajstić information content (AvgIpc) is 2.16. The summed E-state index contributed by atoms with van der Waals surface area (Å²) in [6, 6.07) is 0. The van der Waals surface area contributed by atoms with Gasteiger partial charge in [0.15, 0.2) is 0 Å². The van der Waals surface area contributed by atoms with Crippen LogP contribution in [0.1, 0.15) is 27.7 Å². The molecule has 0 radical (unpaired) electrons. The van der Waals surface area contributed by atoms with Gasteiger partial charge in [0.1, 0.15) is 0 Å². The molecule has 4 heteroatoms. The Morgan fingerprint density at radius 2 is 1.60 bits per heavy atom. The molecule has 0 N–H and O–H groups in total. The minimum absolute atomic E-state index is 0.214. The van der Waals surface area contributed by atoms with Crippen molar-refractivity contribution in [1.82, 2.24) is 4.90 Å². The minimum Gasteiger partial charge on any atom is -0.373 e. The first kappa shape index (κ1) is 12.9. The molecule has 1 aliphatic rings. The molecule has 90 valence electrons. The molecule has 0 aliphatic carbocycles. The van der Waals surface area contributed by atoms with Gasteiger partial charge in [-0.15, -0.1) is 0 Å². The second-order valence-corrected chi connectivity index (χ2v) is 3.93. The number of nitrogens with zero attached hydrogens (tertiary/aromatic N) is 1. The molecule has 0 amide bonds. The van der Waals surface area contributed by atoms with Gasteiger partial charge in [0.05, 0.1) is 12.2 Å². The summed E-state index contributed by atoms with van der Waals surface area (Å²) in [4.78, 5) is 2.20. The van der Waals surface area contributed by atoms with Gasteiger partial charge in [-0.05, 0) is 27.7 Å². The second-order valence-electron chi connectivity index (χ2n) is 3.93. The summed E-state index contributed by atoms with van der Waals surface area (Å²) < 4.78 is 16.8. The van der Waals surface area contributed by atoms with Crippen LogP contribution in [0.4, 0.5) is 0 Å². The molecule has 1 rings (SSSR count). The molecule has 4 nitrogen and oxygen atoms in total. The summed E-state index contributed by atoms with van der Waals surface area (Å²) in [5, 5.41) is 0. The zero-order valence-corrected chi connectivity index (χ0v) is 10.2. The van der Waals surface area contributed by atoms with Crippen LogP contribution < -0.4 is 0 Å². The third-order valence-corrected chi connectivity index (χ3v) is 2.36. The molecule has 0 unspecified atom stereocenters. The molecule has 0 aromatic heterocycles. The first-order valence-electron chi connectivity index (χ1n) is 5.80. The highest BCUT2D eigenvalue weighted by molar-refractivity contribution is 4.72. The lowest BCUT2D eigenvalue weighted by atomic mass is 10.2. The van der Waals surface area contributed by atoms with Crippen molar-refractivity contribution in [3.63, 3.8) is 0 Å². The van der Waals surface area contributed by atoms with Crippen LogP contribution in [0.5, 0.6) is 0 Å². The van der Waals surface area contributed by atoms with E-state index in [2.05, 4.69) is 18.7 Å². The van der Waals surface area contributed by atoms with Crippen LogP contribution in [0.3, 0.4) is 0 Å². The maximum atomic E-state index is 5.67. The van der Waals surface area contributed by atoms with Crippen LogP contribution in [0.25, 0.3) is 0 Å². The highest BCUT2D eigenvalue weighted by Crippen LogP contribution is 2.15. The van der Waals surface area contributed by atoms with Crippen LogP contribution in [0.2, 0.25) is 0 Å². The van der Waals surface area contributed by atoms with Crippen molar-refractivity contribution >= 4 is 0 Å². The van der Waals surface area contributed by atoms with E-state index in [-0.39, 0.29) is 18.6 Å². The lowest BCUT2D eigenvalue weighted by molar-refractivity contribution is -0.246. The number of ether oxygens (including phenoxy) is 3. The third-order valence-electron chi connectivity index (χ3n) is 2.36. The van der Waals surface area contributed by atoms with Gasteiger partial charge in [0, 0.05) is 26.3 Å². The molecule has 1 heterocycles. The quantitative estimate of drug-likeness (QED) is 0.652. The number of morpholine rings is 1.